The largest absolute Gasteiger partial charge is 0.293 e. The van der Waals surface area contributed by atoms with E-state index in [1.165, 1.54) is 6.42 Å². The van der Waals surface area contributed by atoms with Crippen LogP contribution in [0.1, 0.15) is 33.6 Å². The smallest absolute Gasteiger partial charge is 0.251 e. The van der Waals surface area contributed by atoms with E-state index in [2.05, 4.69) is 24.2 Å². The highest BCUT2D eigenvalue weighted by Gasteiger charge is 2.29. The third kappa shape index (κ3) is 3.18. The highest BCUT2D eigenvalue weighted by Crippen LogP contribution is 2.23. The van der Waals surface area contributed by atoms with Crippen molar-refractivity contribution in [2.24, 2.45) is 17.7 Å². The standard InChI is InChI=1S/C11H23N3O/c1-4-10(11(15)13-12)14-6-8(2)5-9(3)7-14/h8-10H,4-7,12H2,1-3H3,(H,13,15)/t8-,9+,10-/m0/s1. The minimum atomic E-state index is -0.0567. The fraction of sp³-hybridized carbons (Fsp3) is 0.909. The molecule has 1 amide bonds. The van der Waals surface area contributed by atoms with E-state index in [1.807, 2.05) is 6.92 Å². The van der Waals surface area contributed by atoms with Gasteiger partial charge in [0, 0.05) is 13.1 Å². The zero-order valence-corrected chi connectivity index (χ0v) is 9.99. The number of hydrazine groups is 1. The van der Waals surface area contributed by atoms with Crippen molar-refractivity contribution >= 4 is 5.91 Å². The summed E-state index contributed by atoms with van der Waals surface area (Å²) in [5, 5.41) is 0. The van der Waals surface area contributed by atoms with Crippen LogP contribution in [0.4, 0.5) is 0 Å². The number of carbonyl (C=O) groups is 1. The van der Waals surface area contributed by atoms with Gasteiger partial charge < -0.3 is 0 Å². The van der Waals surface area contributed by atoms with Crippen LogP contribution in [0, 0.1) is 11.8 Å². The summed E-state index contributed by atoms with van der Waals surface area (Å²) in [7, 11) is 0. The van der Waals surface area contributed by atoms with Gasteiger partial charge in [-0.25, -0.2) is 5.84 Å². The zero-order valence-electron chi connectivity index (χ0n) is 9.99. The van der Waals surface area contributed by atoms with Gasteiger partial charge in [0.15, 0.2) is 0 Å². The first-order valence-corrected chi connectivity index (χ1v) is 5.83. The van der Waals surface area contributed by atoms with E-state index < -0.39 is 0 Å². The molecule has 4 nitrogen and oxygen atoms in total. The van der Waals surface area contributed by atoms with E-state index in [0.717, 1.165) is 19.5 Å². The summed E-state index contributed by atoms with van der Waals surface area (Å²) >= 11 is 0. The number of likely N-dealkylation sites (tertiary alicyclic amines) is 1. The summed E-state index contributed by atoms with van der Waals surface area (Å²) < 4.78 is 0. The highest BCUT2D eigenvalue weighted by molar-refractivity contribution is 5.81. The lowest BCUT2D eigenvalue weighted by Gasteiger charge is -2.38. The lowest BCUT2D eigenvalue weighted by Crippen LogP contribution is -2.53. The maximum atomic E-state index is 11.6. The number of rotatable bonds is 3. The van der Waals surface area contributed by atoms with Crippen LogP contribution < -0.4 is 11.3 Å². The van der Waals surface area contributed by atoms with Crippen molar-refractivity contribution < 1.29 is 4.79 Å². The molecule has 0 aromatic rings. The van der Waals surface area contributed by atoms with E-state index >= 15 is 0 Å². The van der Waals surface area contributed by atoms with Crippen molar-refractivity contribution in [2.75, 3.05) is 13.1 Å². The highest BCUT2D eigenvalue weighted by atomic mass is 16.2. The molecule has 0 spiro atoms. The second-order valence-electron chi connectivity index (χ2n) is 4.83. The fourth-order valence-electron chi connectivity index (χ4n) is 2.67. The first-order valence-electron chi connectivity index (χ1n) is 5.83. The Morgan fingerprint density at radius 1 is 1.47 bits per heavy atom. The number of nitrogens with two attached hydrogens (primary N) is 1. The summed E-state index contributed by atoms with van der Waals surface area (Å²) in [6, 6.07) is -0.0554. The molecule has 1 rings (SSSR count). The molecule has 1 fully saturated rings. The van der Waals surface area contributed by atoms with Gasteiger partial charge in [-0.05, 0) is 24.7 Å². The Morgan fingerprint density at radius 3 is 2.40 bits per heavy atom. The summed E-state index contributed by atoms with van der Waals surface area (Å²) in [6.45, 7) is 8.54. The molecule has 1 aliphatic heterocycles. The normalized spacial score (nSPS) is 29.9. The topological polar surface area (TPSA) is 58.4 Å². The Morgan fingerprint density at radius 2 is 2.00 bits per heavy atom. The van der Waals surface area contributed by atoms with Gasteiger partial charge in [0.25, 0.3) is 5.91 Å². The zero-order chi connectivity index (χ0) is 11.4. The molecule has 1 saturated heterocycles. The second-order valence-corrected chi connectivity index (χ2v) is 4.83. The second kappa shape index (κ2) is 5.47. The fourth-order valence-corrected chi connectivity index (χ4v) is 2.67. The van der Waals surface area contributed by atoms with Crippen LogP contribution in [0.3, 0.4) is 0 Å². The summed E-state index contributed by atoms with van der Waals surface area (Å²) in [6.07, 6.45) is 2.08. The van der Waals surface area contributed by atoms with Crippen LogP contribution in [0.5, 0.6) is 0 Å². The SMILES string of the molecule is CC[C@@H](C(=O)NN)N1C[C@H](C)C[C@H](C)C1. The number of amides is 1. The maximum absolute atomic E-state index is 11.6. The van der Waals surface area contributed by atoms with E-state index in [4.69, 9.17) is 5.84 Å². The molecule has 0 saturated carbocycles. The van der Waals surface area contributed by atoms with E-state index in [1.54, 1.807) is 0 Å². The quantitative estimate of drug-likeness (QED) is 0.413. The van der Waals surface area contributed by atoms with Crippen molar-refractivity contribution in [1.82, 2.24) is 10.3 Å². The van der Waals surface area contributed by atoms with Crippen LogP contribution in [0.15, 0.2) is 0 Å². The summed E-state index contributed by atoms with van der Waals surface area (Å²) in [5.74, 6) is 6.49. The van der Waals surface area contributed by atoms with Gasteiger partial charge in [0.2, 0.25) is 0 Å². The van der Waals surface area contributed by atoms with E-state index in [9.17, 15) is 4.79 Å². The molecule has 0 radical (unpaired) electrons. The molecule has 3 atom stereocenters. The molecule has 0 unspecified atom stereocenters. The van der Waals surface area contributed by atoms with Gasteiger partial charge in [0.05, 0.1) is 6.04 Å². The molecular formula is C11H23N3O. The van der Waals surface area contributed by atoms with Gasteiger partial charge in [0.1, 0.15) is 0 Å². The maximum Gasteiger partial charge on any atom is 0.251 e. The lowest BCUT2D eigenvalue weighted by atomic mass is 9.90. The monoisotopic (exact) mass is 213 g/mol. The van der Waals surface area contributed by atoms with Gasteiger partial charge in [-0.1, -0.05) is 20.8 Å². The Hall–Kier alpha value is -0.610. The molecule has 0 aliphatic carbocycles. The number of piperidine rings is 1. The van der Waals surface area contributed by atoms with Crippen molar-refractivity contribution in [1.29, 1.82) is 0 Å². The minimum Gasteiger partial charge on any atom is -0.293 e. The number of hydrogen-bond donors (Lipinski definition) is 2. The van der Waals surface area contributed by atoms with E-state index in [0.29, 0.717) is 11.8 Å². The molecule has 0 aromatic carbocycles. The van der Waals surface area contributed by atoms with Crippen LogP contribution in [0.25, 0.3) is 0 Å². The van der Waals surface area contributed by atoms with Crippen molar-refractivity contribution in [3.05, 3.63) is 0 Å². The minimum absolute atomic E-state index is 0.0554. The van der Waals surface area contributed by atoms with Gasteiger partial charge >= 0.3 is 0 Å². The Bertz CT molecular complexity index is 210. The van der Waals surface area contributed by atoms with Gasteiger partial charge in [-0.2, -0.15) is 0 Å². The van der Waals surface area contributed by atoms with Crippen molar-refractivity contribution in [3.63, 3.8) is 0 Å². The van der Waals surface area contributed by atoms with Gasteiger partial charge in [-0.15, -0.1) is 0 Å². The Kier molecular flexibility index (Phi) is 4.54. The summed E-state index contributed by atoms with van der Waals surface area (Å²) in [4.78, 5) is 13.8. The first-order chi connectivity index (χ1) is 7.08. The Labute approximate surface area is 92.2 Å². The van der Waals surface area contributed by atoms with Crippen LogP contribution in [-0.4, -0.2) is 29.9 Å². The van der Waals surface area contributed by atoms with Crippen LogP contribution in [0.2, 0.25) is 0 Å². The summed E-state index contributed by atoms with van der Waals surface area (Å²) in [5.41, 5.74) is 2.26. The molecule has 3 N–H and O–H groups in total. The predicted molar refractivity (Wildman–Crippen MR) is 60.9 cm³/mol. The van der Waals surface area contributed by atoms with Crippen molar-refractivity contribution in [2.45, 2.75) is 39.7 Å². The molecule has 88 valence electrons. The average Bonchev–Trinajstić information content (AvgIpc) is 2.17. The van der Waals surface area contributed by atoms with Crippen LogP contribution >= 0.6 is 0 Å². The number of nitrogens with zero attached hydrogens (tertiary/aromatic N) is 1. The predicted octanol–water partition coefficient (Wildman–Crippen LogP) is 0.733. The molecule has 15 heavy (non-hydrogen) atoms. The number of hydrogen-bond acceptors (Lipinski definition) is 3. The number of carbonyl (C=O) groups excluding carboxylic acids is 1. The average molecular weight is 213 g/mol. The molecule has 4 heteroatoms. The lowest BCUT2D eigenvalue weighted by molar-refractivity contribution is -0.127. The van der Waals surface area contributed by atoms with Crippen LogP contribution in [-0.2, 0) is 4.79 Å². The molecule has 0 aromatic heterocycles. The van der Waals surface area contributed by atoms with Crippen molar-refractivity contribution in [3.8, 4) is 0 Å². The molecule has 1 aliphatic rings. The molecular weight excluding hydrogens is 190 g/mol. The third-order valence-corrected chi connectivity index (χ3v) is 3.17. The Balaban J connectivity index is 2.63. The van der Waals surface area contributed by atoms with E-state index in [-0.39, 0.29) is 11.9 Å². The third-order valence-electron chi connectivity index (χ3n) is 3.17. The molecule has 0 bridgehead atoms. The first kappa shape index (κ1) is 12.5. The van der Waals surface area contributed by atoms with Gasteiger partial charge in [-0.3, -0.25) is 15.1 Å². The number of nitrogens with one attached hydrogen (secondary N) is 1. The molecule has 1 heterocycles.